The molecule has 1 unspecified atom stereocenters. The fourth-order valence-electron chi connectivity index (χ4n) is 3.22. The first-order chi connectivity index (χ1) is 10.1. The molecule has 1 amide bonds. The maximum absolute atomic E-state index is 10.9. The number of likely N-dealkylation sites (tertiary alicyclic amines) is 1. The highest BCUT2D eigenvalue weighted by Crippen LogP contribution is 2.36. The van der Waals surface area contributed by atoms with E-state index in [4.69, 9.17) is 5.11 Å². The van der Waals surface area contributed by atoms with Crippen LogP contribution in [0.1, 0.15) is 30.2 Å². The van der Waals surface area contributed by atoms with Gasteiger partial charge in [-0.1, -0.05) is 0 Å². The number of carboxylic acid groups (broad SMARTS) is 1. The van der Waals surface area contributed by atoms with Crippen LogP contribution >= 0.6 is 0 Å². The molecule has 1 aliphatic heterocycles. The summed E-state index contributed by atoms with van der Waals surface area (Å²) in [5.41, 5.74) is 2.79. The number of aromatic nitrogens is 2. The number of amides is 1. The van der Waals surface area contributed by atoms with Crippen molar-refractivity contribution in [1.29, 1.82) is 0 Å². The number of nitrogens with zero attached hydrogens (tertiary/aromatic N) is 2. The number of nitrogens with one attached hydrogen (secondary N) is 1. The van der Waals surface area contributed by atoms with E-state index < -0.39 is 12.2 Å². The van der Waals surface area contributed by atoms with E-state index in [0.717, 1.165) is 22.2 Å². The average Bonchev–Trinajstić information content (AvgIpc) is 2.82. The van der Waals surface area contributed by atoms with Gasteiger partial charge in [-0.15, -0.1) is 0 Å². The van der Waals surface area contributed by atoms with Gasteiger partial charge in [0.15, 0.2) is 0 Å². The SMILES string of the molecule is Cc1[nH]c2cnccc2c1C(O)C1CCN(C(=O)O)CC1. The van der Waals surface area contributed by atoms with Gasteiger partial charge in [0.05, 0.1) is 17.8 Å². The lowest BCUT2D eigenvalue weighted by Crippen LogP contribution is -2.38. The van der Waals surface area contributed by atoms with Crippen LogP contribution in [0.15, 0.2) is 18.5 Å². The molecule has 1 fully saturated rings. The van der Waals surface area contributed by atoms with Crippen molar-refractivity contribution in [3.8, 4) is 0 Å². The molecular weight excluding hydrogens is 270 g/mol. The van der Waals surface area contributed by atoms with E-state index >= 15 is 0 Å². The highest BCUT2D eigenvalue weighted by atomic mass is 16.4. The molecule has 21 heavy (non-hydrogen) atoms. The van der Waals surface area contributed by atoms with Crippen LogP contribution in [0.2, 0.25) is 0 Å². The number of carbonyl (C=O) groups is 1. The van der Waals surface area contributed by atoms with Crippen molar-refractivity contribution in [3.63, 3.8) is 0 Å². The Kier molecular flexibility index (Phi) is 3.55. The minimum absolute atomic E-state index is 0.0893. The highest BCUT2D eigenvalue weighted by Gasteiger charge is 2.30. The largest absolute Gasteiger partial charge is 0.465 e. The molecule has 0 spiro atoms. The minimum atomic E-state index is -0.878. The molecule has 0 aliphatic carbocycles. The van der Waals surface area contributed by atoms with Crippen LogP contribution < -0.4 is 0 Å². The first-order valence-electron chi connectivity index (χ1n) is 7.16. The van der Waals surface area contributed by atoms with Crippen LogP contribution in [0.4, 0.5) is 4.79 Å². The van der Waals surface area contributed by atoms with Crippen LogP contribution in [0, 0.1) is 12.8 Å². The number of piperidine rings is 1. The molecule has 6 heteroatoms. The summed E-state index contributed by atoms with van der Waals surface area (Å²) >= 11 is 0. The lowest BCUT2D eigenvalue weighted by Gasteiger charge is -2.32. The zero-order chi connectivity index (χ0) is 15.0. The molecule has 0 radical (unpaired) electrons. The molecule has 6 nitrogen and oxygen atoms in total. The third-order valence-corrected chi connectivity index (χ3v) is 4.39. The van der Waals surface area contributed by atoms with Gasteiger partial charge >= 0.3 is 6.09 Å². The predicted molar refractivity (Wildman–Crippen MR) is 78.1 cm³/mol. The Balaban J connectivity index is 1.83. The smallest absolute Gasteiger partial charge is 0.407 e. The molecule has 112 valence electrons. The van der Waals surface area contributed by atoms with E-state index in [1.165, 1.54) is 4.90 Å². The Hall–Kier alpha value is -2.08. The summed E-state index contributed by atoms with van der Waals surface area (Å²) in [5, 5.41) is 20.7. The quantitative estimate of drug-likeness (QED) is 0.791. The van der Waals surface area contributed by atoms with Gasteiger partial charge in [0, 0.05) is 35.9 Å². The third-order valence-electron chi connectivity index (χ3n) is 4.39. The van der Waals surface area contributed by atoms with Crippen LogP contribution in [-0.2, 0) is 0 Å². The van der Waals surface area contributed by atoms with Gasteiger partial charge in [0.25, 0.3) is 0 Å². The minimum Gasteiger partial charge on any atom is -0.465 e. The van der Waals surface area contributed by atoms with Crippen molar-refractivity contribution in [2.45, 2.75) is 25.9 Å². The number of pyridine rings is 1. The number of hydrogen-bond donors (Lipinski definition) is 3. The Morgan fingerprint density at radius 1 is 1.48 bits per heavy atom. The van der Waals surface area contributed by atoms with Gasteiger partial charge in [0.2, 0.25) is 0 Å². The Morgan fingerprint density at radius 3 is 2.86 bits per heavy atom. The Morgan fingerprint density at radius 2 is 2.19 bits per heavy atom. The summed E-state index contributed by atoms with van der Waals surface area (Å²) in [5.74, 6) is 0.0893. The molecular formula is C15H19N3O3. The van der Waals surface area contributed by atoms with Crippen LogP contribution in [-0.4, -0.2) is 44.3 Å². The van der Waals surface area contributed by atoms with E-state index in [1.54, 1.807) is 12.4 Å². The van der Waals surface area contributed by atoms with E-state index in [-0.39, 0.29) is 5.92 Å². The first-order valence-corrected chi connectivity index (χ1v) is 7.16. The molecule has 2 aromatic heterocycles. The fraction of sp³-hybridized carbons (Fsp3) is 0.467. The van der Waals surface area contributed by atoms with Crippen LogP contribution in [0.5, 0.6) is 0 Å². The monoisotopic (exact) mass is 289 g/mol. The number of rotatable bonds is 2. The summed E-state index contributed by atoms with van der Waals surface area (Å²) in [7, 11) is 0. The van der Waals surface area contributed by atoms with Crippen LogP contribution in [0.3, 0.4) is 0 Å². The normalized spacial score (nSPS) is 18.1. The van der Waals surface area contributed by atoms with Crippen LogP contribution in [0.25, 0.3) is 10.9 Å². The first kappa shape index (κ1) is 13.9. The van der Waals surface area contributed by atoms with Gasteiger partial charge < -0.3 is 20.1 Å². The van der Waals surface area contributed by atoms with Crippen molar-refractivity contribution in [2.75, 3.05) is 13.1 Å². The number of hydrogen-bond acceptors (Lipinski definition) is 3. The molecule has 1 saturated heterocycles. The van der Waals surface area contributed by atoms with E-state index in [1.807, 2.05) is 13.0 Å². The zero-order valence-electron chi connectivity index (χ0n) is 11.9. The average molecular weight is 289 g/mol. The van der Waals surface area contributed by atoms with E-state index in [0.29, 0.717) is 25.9 Å². The lowest BCUT2D eigenvalue weighted by atomic mass is 9.86. The number of aliphatic hydroxyl groups is 1. The van der Waals surface area contributed by atoms with Gasteiger partial charge in [0.1, 0.15) is 0 Å². The molecule has 0 saturated carbocycles. The lowest BCUT2D eigenvalue weighted by molar-refractivity contribution is 0.0579. The Bertz CT molecular complexity index is 659. The van der Waals surface area contributed by atoms with E-state index in [2.05, 4.69) is 9.97 Å². The number of fused-ring (bicyclic) bond motifs is 1. The van der Waals surface area contributed by atoms with Crippen molar-refractivity contribution >= 4 is 17.0 Å². The van der Waals surface area contributed by atoms with Gasteiger partial charge in [-0.05, 0) is 31.7 Å². The molecule has 0 aromatic carbocycles. The second-order valence-electron chi connectivity index (χ2n) is 5.64. The number of aliphatic hydroxyl groups excluding tert-OH is 1. The van der Waals surface area contributed by atoms with Gasteiger partial charge in [-0.3, -0.25) is 4.98 Å². The Labute approximate surface area is 122 Å². The second kappa shape index (κ2) is 5.37. The predicted octanol–water partition coefficient (Wildman–Crippen LogP) is 2.29. The number of H-pyrrole nitrogens is 1. The summed E-state index contributed by atoms with van der Waals surface area (Å²) in [6.07, 6.45) is 3.40. The van der Waals surface area contributed by atoms with Crippen molar-refractivity contribution in [1.82, 2.24) is 14.9 Å². The highest BCUT2D eigenvalue weighted by molar-refractivity contribution is 5.84. The maximum atomic E-state index is 10.9. The van der Waals surface area contributed by atoms with Gasteiger partial charge in [-0.2, -0.15) is 0 Å². The molecule has 0 bridgehead atoms. The molecule has 3 rings (SSSR count). The fourth-order valence-corrected chi connectivity index (χ4v) is 3.22. The molecule has 2 aromatic rings. The molecule has 1 aliphatic rings. The summed E-state index contributed by atoms with van der Waals surface area (Å²) in [6.45, 7) is 2.92. The summed E-state index contributed by atoms with van der Waals surface area (Å²) in [6, 6.07) is 1.91. The summed E-state index contributed by atoms with van der Waals surface area (Å²) < 4.78 is 0. The third kappa shape index (κ3) is 2.47. The number of aryl methyl sites for hydroxylation is 1. The molecule has 1 atom stereocenters. The second-order valence-corrected chi connectivity index (χ2v) is 5.64. The zero-order valence-corrected chi connectivity index (χ0v) is 11.9. The molecule has 3 N–H and O–H groups in total. The topological polar surface area (TPSA) is 89.5 Å². The van der Waals surface area contributed by atoms with Gasteiger partial charge in [-0.25, -0.2) is 4.79 Å². The van der Waals surface area contributed by atoms with Crippen molar-refractivity contribution < 1.29 is 15.0 Å². The van der Waals surface area contributed by atoms with E-state index in [9.17, 15) is 9.90 Å². The number of aromatic amines is 1. The summed E-state index contributed by atoms with van der Waals surface area (Å²) in [4.78, 5) is 19.7. The maximum Gasteiger partial charge on any atom is 0.407 e. The van der Waals surface area contributed by atoms with Crippen molar-refractivity contribution in [3.05, 3.63) is 29.7 Å². The van der Waals surface area contributed by atoms with Crippen molar-refractivity contribution in [2.24, 2.45) is 5.92 Å². The standard InChI is InChI=1S/C15H19N3O3/c1-9-13(11-2-5-16-8-12(11)17-9)14(19)10-3-6-18(7-4-10)15(20)21/h2,5,8,10,14,17,19H,3-4,6-7H2,1H3,(H,20,21). The molecule has 3 heterocycles.